The number of benzene rings is 4. The van der Waals surface area contributed by atoms with Crippen molar-refractivity contribution in [2.24, 2.45) is 0 Å². The minimum absolute atomic E-state index is 0.0310. The molecule has 0 saturated carbocycles. The molecule has 54 heavy (non-hydrogen) atoms. The van der Waals surface area contributed by atoms with Crippen LogP contribution in [0.1, 0.15) is 42.2 Å². The van der Waals surface area contributed by atoms with E-state index in [0.717, 1.165) is 46.9 Å². The Kier molecular flexibility index (Phi) is 9.25. The Labute approximate surface area is 312 Å². The second kappa shape index (κ2) is 13.9. The number of ketones is 2. The number of thiophene rings is 2. The van der Waals surface area contributed by atoms with Crippen molar-refractivity contribution >= 4 is 62.0 Å². The van der Waals surface area contributed by atoms with Crippen LogP contribution in [-0.2, 0) is 20.9 Å². The van der Waals surface area contributed by atoms with Gasteiger partial charge in [0.05, 0.1) is 23.8 Å². The van der Waals surface area contributed by atoms with E-state index in [1.54, 1.807) is 72.5 Å². The third kappa shape index (κ3) is 5.94. The highest BCUT2D eigenvalue weighted by molar-refractivity contribution is 7.16. The van der Waals surface area contributed by atoms with Crippen LogP contribution in [0, 0.1) is 5.82 Å². The largest absolute Gasteiger partial charge is 0.497 e. The summed E-state index contributed by atoms with van der Waals surface area (Å²) in [5.74, 6) is -4.97. The van der Waals surface area contributed by atoms with Crippen molar-refractivity contribution in [3.63, 3.8) is 0 Å². The first-order valence-corrected chi connectivity index (χ1v) is 17.8. The Hall–Kier alpha value is -6.38. The maximum atomic E-state index is 15.7. The van der Waals surface area contributed by atoms with Gasteiger partial charge in [0.1, 0.15) is 21.6 Å². The number of hydrogen-bond acceptors (Lipinski definition) is 8. The van der Waals surface area contributed by atoms with Crippen LogP contribution in [0.15, 0.2) is 114 Å². The van der Waals surface area contributed by atoms with Crippen LogP contribution in [0.25, 0.3) is 22.3 Å². The molecule has 4 aromatic carbocycles. The Morgan fingerprint density at radius 2 is 1.09 bits per heavy atom. The lowest BCUT2D eigenvalue weighted by Gasteiger charge is -2.28. The van der Waals surface area contributed by atoms with E-state index in [-0.39, 0.29) is 32.8 Å². The number of methoxy groups -OCH3 is 1. The van der Waals surface area contributed by atoms with E-state index in [1.807, 2.05) is 0 Å². The number of nitrogens with one attached hydrogen (secondary N) is 2. The molecular formula is C40H25F3N2O7S2. The molecule has 6 aromatic rings. The maximum Gasteiger partial charge on any atom is 0.335 e. The van der Waals surface area contributed by atoms with Crippen molar-refractivity contribution in [2.45, 2.75) is 11.3 Å². The van der Waals surface area contributed by atoms with Gasteiger partial charge in [-0.1, -0.05) is 66.7 Å². The lowest BCUT2D eigenvalue weighted by molar-refractivity contribution is -0.126. The summed E-state index contributed by atoms with van der Waals surface area (Å²) in [6.45, 7) is 0. The molecule has 0 aliphatic carbocycles. The molecule has 14 heteroatoms. The molecule has 0 radical (unpaired) electrons. The molecule has 0 bridgehead atoms. The van der Waals surface area contributed by atoms with E-state index < -0.39 is 46.5 Å². The monoisotopic (exact) mass is 766 g/mol. The highest BCUT2D eigenvalue weighted by Crippen LogP contribution is 2.47. The highest BCUT2D eigenvalue weighted by atomic mass is 32.1. The molecule has 8 rings (SSSR count). The van der Waals surface area contributed by atoms with Crippen LogP contribution in [-0.4, -0.2) is 41.6 Å². The number of fused-ring (bicyclic) bond motifs is 2. The standard InChI is InChI=1S/C20H13F2NO3S.C20H12FNO4S/c1-26-14-8-2-11(3-9-14)15-10-27-18-16(15)17(24)20(22,19(25)23-18)12-4-6-13(21)7-5-12;21-20(13-4-2-1-3-5-13)16(23)15-14(10-27-17(15)22-19(20)26)11-6-8-12(9-7-11)18(24)25/h2-10H,1H3,(H,23,25);1-10H,(H,22,26)(H,24,25). The van der Waals surface area contributed by atoms with Gasteiger partial charge >= 0.3 is 5.97 Å². The van der Waals surface area contributed by atoms with E-state index in [9.17, 15) is 28.4 Å². The maximum absolute atomic E-state index is 15.7. The number of rotatable bonds is 6. The Bertz CT molecular complexity index is 2470. The summed E-state index contributed by atoms with van der Waals surface area (Å²) >= 11 is 2.28. The normalized spacial score (nSPS) is 18.7. The number of amides is 2. The molecule has 0 spiro atoms. The fourth-order valence-corrected chi connectivity index (χ4v) is 8.06. The number of ether oxygens (including phenoxy) is 1. The molecule has 270 valence electrons. The van der Waals surface area contributed by atoms with E-state index in [0.29, 0.717) is 33.0 Å². The minimum atomic E-state index is -2.91. The predicted octanol–water partition coefficient (Wildman–Crippen LogP) is 8.68. The van der Waals surface area contributed by atoms with Crippen LogP contribution < -0.4 is 15.4 Å². The summed E-state index contributed by atoms with van der Waals surface area (Å²) in [4.78, 5) is 61.9. The summed E-state index contributed by atoms with van der Waals surface area (Å²) in [7, 11) is 1.54. The van der Waals surface area contributed by atoms with E-state index in [4.69, 9.17) is 9.84 Å². The zero-order valence-electron chi connectivity index (χ0n) is 27.8. The first-order chi connectivity index (χ1) is 25.9. The van der Waals surface area contributed by atoms with E-state index >= 15 is 8.78 Å². The number of alkyl halides is 2. The van der Waals surface area contributed by atoms with Gasteiger partial charge in [-0.05, 0) is 47.5 Å². The predicted molar refractivity (Wildman–Crippen MR) is 197 cm³/mol. The number of carbonyl (C=O) groups excluding carboxylic acids is 4. The molecule has 2 unspecified atom stereocenters. The highest BCUT2D eigenvalue weighted by Gasteiger charge is 2.54. The third-order valence-corrected chi connectivity index (χ3v) is 10.8. The fourth-order valence-electron chi connectivity index (χ4n) is 6.14. The quantitative estimate of drug-likeness (QED) is 0.144. The van der Waals surface area contributed by atoms with Gasteiger partial charge in [-0.3, -0.25) is 19.2 Å². The Balaban J connectivity index is 0.000000167. The number of hydrogen-bond donors (Lipinski definition) is 3. The van der Waals surface area contributed by atoms with E-state index in [1.165, 1.54) is 24.3 Å². The Morgan fingerprint density at radius 1 is 0.648 bits per heavy atom. The summed E-state index contributed by atoms with van der Waals surface area (Å²) in [6, 6.07) is 24.7. The van der Waals surface area contributed by atoms with Crippen molar-refractivity contribution in [3.8, 4) is 28.0 Å². The third-order valence-electron chi connectivity index (χ3n) is 9.00. The lowest BCUT2D eigenvalue weighted by Crippen LogP contribution is -2.47. The molecule has 0 saturated heterocycles. The molecule has 2 aliphatic rings. The SMILES string of the molecule is COc1ccc(-c2csc3c2C(=O)C(F)(c2ccc(F)cc2)C(=O)N3)cc1.O=C(O)c1ccc(-c2csc3c2C(=O)C(F)(c2ccccc2)C(=O)N3)cc1. The molecule has 2 atom stereocenters. The molecule has 2 aromatic heterocycles. The first-order valence-electron chi connectivity index (χ1n) is 16.0. The first kappa shape index (κ1) is 36.0. The second-order valence-electron chi connectivity index (χ2n) is 12.1. The van der Waals surface area contributed by atoms with Crippen molar-refractivity contribution < 1.29 is 47.0 Å². The summed E-state index contributed by atoms with van der Waals surface area (Å²) < 4.78 is 49.7. The smallest absolute Gasteiger partial charge is 0.335 e. The van der Waals surface area contributed by atoms with Gasteiger partial charge in [-0.15, -0.1) is 22.7 Å². The van der Waals surface area contributed by atoms with Gasteiger partial charge < -0.3 is 20.5 Å². The molecule has 9 nitrogen and oxygen atoms in total. The van der Waals surface area contributed by atoms with Gasteiger partial charge in [-0.25, -0.2) is 18.0 Å². The lowest BCUT2D eigenvalue weighted by atomic mass is 9.83. The van der Waals surface area contributed by atoms with Gasteiger partial charge in [0.25, 0.3) is 23.2 Å². The van der Waals surface area contributed by atoms with Crippen molar-refractivity contribution in [2.75, 3.05) is 17.7 Å². The molecule has 3 N–H and O–H groups in total. The van der Waals surface area contributed by atoms with Gasteiger partial charge in [0.15, 0.2) is 0 Å². The van der Waals surface area contributed by atoms with Crippen molar-refractivity contribution in [3.05, 3.63) is 148 Å². The number of Topliss-reactive ketones (excluding diaryl/α,β-unsaturated/α-hetero) is 2. The minimum Gasteiger partial charge on any atom is -0.497 e. The van der Waals surface area contributed by atoms with Gasteiger partial charge in [0, 0.05) is 33.0 Å². The van der Waals surface area contributed by atoms with Crippen LogP contribution in [0.2, 0.25) is 0 Å². The summed E-state index contributed by atoms with van der Waals surface area (Å²) in [5, 5.41) is 17.9. The summed E-state index contributed by atoms with van der Waals surface area (Å²) in [5.41, 5.74) is -3.43. The van der Waals surface area contributed by atoms with Crippen LogP contribution in [0.5, 0.6) is 5.75 Å². The van der Waals surface area contributed by atoms with Crippen molar-refractivity contribution in [1.29, 1.82) is 0 Å². The zero-order valence-corrected chi connectivity index (χ0v) is 29.4. The van der Waals surface area contributed by atoms with Crippen LogP contribution in [0.3, 0.4) is 0 Å². The number of halogens is 3. The summed E-state index contributed by atoms with van der Waals surface area (Å²) in [6.07, 6.45) is 0. The van der Waals surface area contributed by atoms with Crippen molar-refractivity contribution in [1.82, 2.24) is 0 Å². The fraction of sp³-hybridized carbons (Fsp3) is 0.0750. The second-order valence-corrected chi connectivity index (χ2v) is 13.8. The Morgan fingerprint density at radius 3 is 1.54 bits per heavy atom. The molecule has 2 aliphatic heterocycles. The number of carboxylic acids is 1. The van der Waals surface area contributed by atoms with Gasteiger partial charge in [0.2, 0.25) is 11.6 Å². The molecule has 0 fully saturated rings. The zero-order chi connectivity index (χ0) is 38.4. The number of anilines is 2. The molecule has 4 heterocycles. The number of carboxylic acid groups (broad SMARTS) is 1. The number of aromatic carboxylic acids is 1. The average molecular weight is 767 g/mol. The van der Waals surface area contributed by atoms with Crippen LogP contribution >= 0.6 is 22.7 Å². The molecular weight excluding hydrogens is 742 g/mol. The van der Waals surface area contributed by atoms with Crippen LogP contribution in [0.4, 0.5) is 23.2 Å². The molecule has 2 amide bonds. The van der Waals surface area contributed by atoms with Gasteiger partial charge in [-0.2, -0.15) is 0 Å². The number of carbonyl (C=O) groups is 5. The topological polar surface area (TPSA) is 139 Å². The van der Waals surface area contributed by atoms with E-state index in [2.05, 4.69) is 10.6 Å². The average Bonchev–Trinajstić information content (AvgIpc) is 3.81.